The van der Waals surface area contributed by atoms with E-state index in [0.29, 0.717) is 22.4 Å². The Morgan fingerprint density at radius 1 is 1.07 bits per heavy atom. The molecule has 3 aromatic rings. The van der Waals surface area contributed by atoms with Gasteiger partial charge >= 0.3 is 0 Å². The molecule has 0 aliphatic rings. The summed E-state index contributed by atoms with van der Waals surface area (Å²) in [4.78, 5) is 24.2. The Morgan fingerprint density at radius 2 is 1.78 bits per heavy atom. The number of nitrogens with one attached hydrogen (secondary N) is 1. The minimum absolute atomic E-state index is 0.0455. The Balaban J connectivity index is 1.95. The van der Waals surface area contributed by atoms with Crippen LogP contribution in [0.3, 0.4) is 0 Å². The maximum Gasteiger partial charge on any atom is 0.250 e. The van der Waals surface area contributed by atoms with Gasteiger partial charge in [0.25, 0.3) is 0 Å². The number of fused-ring (bicyclic) bond motifs is 1. The minimum atomic E-state index is -0.281. The van der Waals surface area contributed by atoms with Crippen molar-refractivity contribution in [3.63, 3.8) is 0 Å². The van der Waals surface area contributed by atoms with E-state index in [0.717, 1.165) is 5.56 Å². The summed E-state index contributed by atoms with van der Waals surface area (Å²) in [5.41, 5.74) is 2.97. The zero-order valence-electron chi connectivity index (χ0n) is 16.0. The Labute approximate surface area is 158 Å². The van der Waals surface area contributed by atoms with E-state index in [1.807, 2.05) is 24.3 Å². The second-order valence-corrected chi connectivity index (χ2v) is 7.49. The molecule has 1 amide bonds. The van der Waals surface area contributed by atoms with Gasteiger partial charge in [-0.3, -0.25) is 9.59 Å². The number of ether oxygens (including phenoxy) is 1. The van der Waals surface area contributed by atoms with E-state index in [1.165, 1.54) is 18.7 Å². The Hall–Kier alpha value is -2.92. The van der Waals surface area contributed by atoms with Gasteiger partial charge in [0.2, 0.25) is 5.91 Å². The number of methoxy groups -OCH3 is 1. The van der Waals surface area contributed by atoms with Crippen molar-refractivity contribution >= 4 is 22.6 Å². The van der Waals surface area contributed by atoms with Gasteiger partial charge in [0.1, 0.15) is 18.0 Å². The van der Waals surface area contributed by atoms with Crippen LogP contribution in [-0.2, 0) is 14.9 Å². The largest absolute Gasteiger partial charge is 0.456 e. The normalized spacial score (nSPS) is 11.6. The molecule has 1 heterocycles. The summed E-state index contributed by atoms with van der Waals surface area (Å²) in [6.45, 7) is 6.42. The third-order valence-corrected chi connectivity index (χ3v) is 4.32. The molecule has 3 rings (SSSR count). The lowest BCUT2D eigenvalue weighted by atomic mass is 9.86. The monoisotopic (exact) mass is 365 g/mol. The molecule has 1 aromatic heterocycles. The van der Waals surface area contributed by atoms with Gasteiger partial charge in [0.05, 0.1) is 5.39 Å². The van der Waals surface area contributed by atoms with Gasteiger partial charge in [0.15, 0.2) is 5.43 Å². The molecule has 0 unspecified atom stereocenters. The first kappa shape index (κ1) is 18.9. The van der Waals surface area contributed by atoms with Gasteiger partial charge in [0, 0.05) is 24.4 Å². The van der Waals surface area contributed by atoms with Crippen LogP contribution in [0, 0.1) is 0 Å². The van der Waals surface area contributed by atoms with E-state index in [1.54, 1.807) is 18.2 Å². The average molecular weight is 365 g/mol. The summed E-state index contributed by atoms with van der Waals surface area (Å²) in [5.74, 6) is 0.237. The molecule has 0 saturated carbocycles. The molecule has 0 radical (unpaired) electrons. The highest BCUT2D eigenvalue weighted by Gasteiger charge is 2.14. The van der Waals surface area contributed by atoms with E-state index >= 15 is 0 Å². The van der Waals surface area contributed by atoms with Crippen LogP contribution in [0.1, 0.15) is 26.3 Å². The van der Waals surface area contributed by atoms with Crippen molar-refractivity contribution in [3.8, 4) is 11.3 Å². The fraction of sp³-hybridized carbons (Fsp3) is 0.273. The number of amides is 1. The highest BCUT2D eigenvalue weighted by Crippen LogP contribution is 2.27. The van der Waals surface area contributed by atoms with Crippen LogP contribution in [-0.4, -0.2) is 19.6 Å². The smallest absolute Gasteiger partial charge is 0.250 e. The van der Waals surface area contributed by atoms with E-state index < -0.39 is 0 Å². The molecule has 0 fully saturated rings. The van der Waals surface area contributed by atoms with E-state index in [-0.39, 0.29) is 23.4 Å². The maximum absolute atomic E-state index is 12.6. The molecule has 0 aliphatic heterocycles. The molecule has 5 nitrogen and oxygen atoms in total. The van der Waals surface area contributed by atoms with Crippen LogP contribution in [0.4, 0.5) is 5.69 Å². The zero-order chi connectivity index (χ0) is 19.6. The van der Waals surface area contributed by atoms with Crippen molar-refractivity contribution in [2.45, 2.75) is 26.2 Å². The van der Waals surface area contributed by atoms with Gasteiger partial charge in [-0.1, -0.05) is 45.0 Å². The number of carbonyl (C=O) groups is 1. The molecule has 5 heteroatoms. The quantitative estimate of drug-likeness (QED) is 0.747. The van der Waals surface area contributed by atoms with Gasteiger partial charge in [-0.2, -0.15) is 0 Å². The standard InChI is InChI=1S/C22H23NO4/c1-22(2,3)15-7-5-14(6-8-15)20-12-18(24)17-11-16(9-10-19(17)27-20)23-21(25)13-26-4/h5-12H,13H2,1-4H3,(H,23,25). The summed E-state index contributed by atoms with van der Waals surface area (Å²) in [6, 6.07) is 14.5. The number of benzene rings is 2. The van der Waals surface area contributed by atoms with Crippen LogP contribution < -0.4 is 10.7 Å². The summed E-state index contributed by atoms with van der Waals surface area (Å²) >= 11 is 0. The fourth-order valence-electron chi connectivity index (χ4n) is 2.84. The number of anilines is 1. The zero-order valence-corrected chi connectivity index (χ0v) is 16.0. The molecular formula is C22H23NO4. The minimum Gasteiger partial charge on any atom is -0.456 e. The van der Waals surface area contributed by atoms with E-state index in [9.17, 15) is 9.59 Å². The molecule has 2 aromatic carbocycles. The highest BCUT2D eigenvalue weighted by molar-refractivity contribution is 5.94. The number of hydrogen-bond donors (Lipinski definition) is 1. The maximum atomic E-state index is 12.6. The predicted octanol–water partition coefficient (Wildman–Crippen LogP) is 4.34. The SMILES string of the molecule is COCC(=O)Nc1ccc2oc(-c3ccc(C(C)(C)C)cc3)cc(=O)c2c1. The van der Waals surface area contributed by atoms with Gasteiger partial charge in [-0.15, -0.1) is 0 Å². The first-order valence-corrected chi connectivity index (χ1v) is 8.75. The molecule has 1 N–H and O–H groups in total. The second kappa shape index (κ2) is 7.37. The lowest BCUT2D eigenvalue weighted by Gasteiger charge is -2.19. The van der Waals surface area contributed by atoms with Gasteiger partial charge in [-0.25, -0.2) is 0 Å². The Morgan fingerprint density at radius 3 is 2.41 bits per heavy atom. The van der Waals surface area contributed by atoms with Crippen LogP contribution in [0.15, 0.2) is 57.7 Å². The van der Waals surface area contributed by atoms with E-state index in [2.05, 4.69) is 26.1 Å². The topological polar surface area (TPSA) is 68.5 Å². The fourth-order valence-corrected chi connectivity index (χ4v) is 2.84. The van der Waals surface area contributed by atoms with Gasteiger partial charge in [-0.05, 0) is 29.2 Å². The predicted molar refractivity (Wildman–Crippen MR) is 107 cm³/mol. The summed E-state index contributed by atoms with van der Waals surface area (Å²) in [5, 5.41) is 3.10. The molecule has 0 aliphatic carbocycles. The molecule has 0 saturated heterocycles. The van der Waals surface area contributed by atoms with Crippen molar-refractivity contribution in [2.24, 2.45) is 0 Å². The van der Waals surface area contributed by atoms with Crippen molar-refractivity contribution < 1.29 is 13.9 Å². The van der Waals surface area contributed by atoms with Crippen molar-refractivity contribution in [1.82, 2.24) is 0 Å². The summed E-state index contributed by atoms with van der Waals surface area (Å²) < 4.78 is 10.7. The van der Waals surface area contributed by atoms with Crippen LogP contribution in [0.2, 0.25) is 0 Å². The van der Waals surface area contributed by atoms with Crippen molar-refractivity contribution in [3.05, 3.63) is 64.3 Å². The Kier molecular flexibility index (Phi) is 5.15. The van der Waals surface area contributed by atoms with Gasteiger partial charge < -0.3 is 14.5 Å². The molecule has 0 bridgehead atoms. The number of carbonyl (C=O) groups excluding carboxylic acids is 1. The van der Waals surface area contributed by atoms with Crippen LogP contribution in [0.25, 0.3) is 22.3 Å². The van der Waals surface area contributed by atoms with Crippen LogP contribution >= 0.6 is 0 Å². The highest BCUT2D eigenvalue weighted by atomic mass is 16.5. The lowest BCUT2D eigenvalue weighted by Crippen LogP contribution is -2.17. The number of rotatable bonds is 4. The first-order chi connectivity index (χ1) is 12.8. The summed E-state index contributed by atoms with van der Waals surface area (Å²) in [6.07, 6.45) is 0. The molecule has 0 spiro atoms. The second-order valence-electron chi connectivity index (χ2n) is 7.49. The molecule has 27 heavy (non-hydrogen) atoms. The van der Waals surface area contributed by atoms with Crippen LogP contribution in [0.5, 0.6) is 0 Å². The average Bonchev–Trinajstić information content (AvgIpc) is 2.61. The Bertz CT molecular complexity index is 1030. The lowest BCUT2D eigenvalue weighted by molar-refractivity contribution is -0.119. The summed E-state index contributed by atoms with van der Waals surface area (Å²) in [7, 11) is 1.45. The molecule has 140 valence electrons. The third kappa shape index (κ3) is 4.26. The third-order valence-electron chi connectivity index (χ3n) is 4.32. The van der Waals surface area contributed by atoms with Crippen molar-refractivity contribution in [1.29, 1.82) is 0 Å². The first-order valence-electron chi connectivity index (χ1n) is 8.75. The molecular weight excluding hydrogens is 342 g/mol. The van der Waals surface area contributed by atoms with E-state index in [4.69, 9.17) is 9.15 Å². The van der Waals surface area contributed by atoms with Crippen molar-refractivity contribution in [2.75, 3.05) is 19.0 Å². The number of hydrogen-bond acceptors (Lipinski definition) is 4. The molecule has 0 atom stereocenters.